The number of halogens is 1. The highest BCUT2D eigenvalue weighted by Crippen LogP contribution is 2.39. The van der Waals surface area contributed by atoms with E-state index in [-0.39, 0.29) is 11.8 Å². The summed E-state index contributed by atoms with van der Waals surface area (Å²) in [6.45, 7) is 4.78. The number of nitrogens with zero attached hydrogens (tertiary/aromatic N) is 4. The molecule has 1 unspecified atom stereocenters. The Hall–Kier alpha value is -3.72. The number of hydrogen-bond donors (Lipinski definition) is 1. The third-order valence-electron chi connectivity index (χ3n) is 7.92. The first-order valence-electron chi connectivity index (χ1n) is 13.6. The van der Waals surface area contributed by atoms with Gasteiger partial charge >= 0.3 is 0 Å². The number of fused-ring (bicyclic) bond motifs is 2. The number of benzene rings is 3. The number of piperazine rings is 1. The number of hydrogen-bond acceptors (Lipinski definition) is 6. The molecular weight excluding hydrogens is 526 g/mol. The van der Waals surface area contributed by atoms with E-state index in [1.807, 2.05) is 42.5 Å². The molecular formula is C31H32ClN5O3. The molecule has 0 bridgehead atoms. The molecule has 1 saturated heterocycles. The summed E-state index contributed by atoms with van der Waals surface area (Å²) in [4.78, 5) is 37.4. The second-order valence-electron chi connectivity index (χ2n) is 10.6. The molecule has 0 saturated carbocycles. The maximum atomic E-state index is 13.3. The fourth-order valence-corrected chi connectivity index (χ4v) is 5.66. The molecule has 1 N–H and O–H groups in total. The molecule has 8 nitrogen and oxygen atoms in total. The van der Waals surface area contributed by atoms with Gasteiger partial charge < -0.3 is 19.9 Å². The van der Waals surface area contributed by atoms with Crippen molar-refractivity contribution >= 4 is 46.2 Å². The van der Waals surface area contributed by atoms with Crippen LogP contribution in [0, 0.1) is 0 Å². The summed E-state index contributed by atoms with van der Waals surface area (Å²) in [6.07, 6.45) is 0.822. The van der Waals surface area contributed by atoms with Crippen LogP contribution >= 0.6 is 11.6 Å². The van der Waals surface area contributed by atoms with Crippen molar-refractivity contribution < 1.29 is 14.3 Å². The molecule has 3 aliphatic heterocycles. The number of aliphatic imine (C=N–C) groups is 1. The van der Waals surface area contributed by atoms with Gasteiger partial charge in [0, 0.05) is 56.0 Å². The maximum absolute atomic E-state index is 13.3. The fraction of sp³-hybridized carbons (Fsp3) is 0.323. The van der Waals surface area contributed by atoms with E-state index in [0.717, 1.165) is 60.7 Å². The average Bonchev–Trinajstić information content (AvgIpc) is 3.55. The van der Waals surface area contributed by atoms with E-state index in [1.54, 1.807) is 24.1 Å². The first-order chi connectivity index (χ1) is 19.4. The first-order valence-corrected chi connectivity index (χ1v) is 14.0. The van der Waals surface area contributed by atoms with Crippen LogP contribution in [0.15, 0.2) is 65.7 Å². The van der Waals surface area contributed by atoms with Crippen molar-refractivity contribution in [2.45, 2.75) is 12.3 Å². The minimum atomic E-state index is -0.583. The Kier molecular flexibility index (Phi) is 7.31. The van der Waals surface area contributed by atoms with E-state index >= 15 is 0 Å². The van der Waals surface area contributed by atoms with Crippen LogP contribution in [0.2, 0.25) is 5.02 Å². The molecule has 1 fully saturated rings. The van der Waals surface area contributed by atoms with Gasteiger partial charge in [-0.25, -0.2) is 0 Å². The molecule has 6 rings (SSSR count). The van der Waals surface area contributed by atoms with E-state index in [4.69, 9.17) is 21.3 Å². The smallest absolute Gasteiger partial charge is 0.240 e. The van der Waals surface area contributed by atoms with E-state index in [2.05, 4.69) is 28.2 Å². The zero-order valence-electron chi connectivity index (χ0n) is 22.7. The predicted molar refractivity (Wildman–Crippen MR) is 158 cm³/mol. The van der Waals surface area contributed by atoms with Crippen LogP contribution in [0.1, 0.15) is 22.6 Å². The molecule has 40 heavy (non-hydrogen) atoms. The Bertz CT molecular complexity index is 1480. The third-order valence-corrected chi connectivity index (χ3v) is 8.16. The number of carbonyl (C=O) groups is 2. The molecule has 206 valence electrons. The number of ether oxygens (including phenoxy) is 1. The summed E-state index contributed by atoms with van der Waals surface area (Å²) < 4.78 is 5.70. The highest BCUT2D eigenvalue weighted by Gasteiger charge is 2.36. The largest absolute Gasteiger partial charge is 0.493 e. The highest BCUT2D eigenvalue weighted by molar-refractivity contribution is 6.31. The Labute approximate surface area is 239 Å². The molecule has 3 heterocycles. The topological polar surface area (TPSA) is 77.5 Å². The van der Waals surface area contributed by atoms with Crippen LogP contribution in [-0.2, 0) is 16.0 Å². The summed E-state index contributed by atoms with van der Waals surface area (Å²) in [5.74, 6) is 0.207. The Morgan fingerprint density at radius 3 is 2.62 bits per heavy atom. The molecule has 3 aromatic rings. The lowest BCUT2D eigenvalue weighted by molar-refractivity contribution is -0.120. The second kappa shape index (κ2) is 11.0. The van der Waals surface area contributed by atoms with E-state index in [0.29, 0.717) is 35.3 Å². The van der Waals surface area contributed by atoms with Crippen molar-refractivity contribution in [2.24, 2.45) is 4.99 Å². The van der Waals surface area contributed by atoms with Crippen molar-refractivity contribution in [1.29, 1.82) is 0 Å². The van der Waals surface area contributed by atoms with Gasteiger partial charge in [-0.1, -0.05) is 17.7 Å². The number of anilines is 2. The van der Waals surface area contributed by atoms with Gasteiger partial charge in [-0.05, 0) is 78.3 Å². The summed E-state index contributed by atoms with van der Waals surface area (Å²) in [7, 11) is 3.91. The van der Waals surface area contributed by atoms with Crippen molar-refractivity contribution in [3.05, 3.63) is 82.4 Å². The van der Waals surface area contributed by atoms with Crippen molar-refractivity contribution in [1.82, 2.24) is 9.80 Å². The van der Waals surface area contributed by atoms with Gasteiger partial charge in [-0.2, -0.15) is 0 Å². The number of carbonyl (C=O) groups excluding carboxylic acids is 2. The molecule has 3 aromatic carbocycles. The van der Waals surface area contributed by atoms with Gasteiger partial charge in [0.05, 0.1) is 24.6 Å². The van der Waals surface area contributed by atoms with Gasteiger partial charge in [-0.15, -0.1) is 0 Å². The monoisotopic (exact) mass is 557 g/mol. The predicted octanol–water partition coefficient (Wildman–Crippen LogP) is 4.34. The highest BCUT2D eigenvalue weighted by atomic mass is 35.5. The Morgan fingerprint density at radius 2 is 1.85 bits per heavy atom. The van der Waals surface area contributed by atoms with Crippen molar-refractivity contribution in [3.63, 3.8) is 0 Å². The van der Waals surface area contributed by atoms with Gasteiger partial charge in [0.2, 0.25) is 11.8 Å². The van der Waals surface area contributed by atoms with Crippen LogP contribution in [-0.4, -0.2) is 80.8 Å². The lowest BCUT2D eigenvalue weighted by atomic mass is 9.89. The Balaban J connectivity index is 1.29. The molecule has 0 spiro atoms. The fourth-order valence-electron chi connectivity index (χ4n) is 5.48. The summed E-state index contributed by atoms with van der Waals surface area (Å²) in [5, 5.41) is 3.53. The normalized spacial score (nSPS) is 19.1. The average molecular weight is 558 g/mol. The van der Waals surface area contributed by atoms with Crippen LogP contribution in [0.3, 0.4) is 0 Å². The van der Waals surface area contributed by atoms with Gasteiger partial charge in [0.15, 0.2) is 0 Å². The Morgan fingerprint density at radius 1 is 1.07 bits per heavy atom. The minimum absolute atomic E-state index is 0.0553. The van der Waals surface area contributed by atoms with Gasteiger partial charge in [0.25, 0.3) is 0 Å². The van der Waals surface area contributed by atoms with Crippen LogP contribution in [0.4, 0.5) is 17.1 Å². The molecule has 0 radical (unpaired) electrons. The summed E-state index contributed by atoms with van der Waals surface area (Å²) in [6, 6.07) is 19.0. The molecule has 0 aromatic heterocycles. The third kappa shape index (κ3) is 5.35. The SMILES string of the molecule is CN1CCN(CC(=O)N(C)c2ccc(N=C(c3ccc4c(c3)CCO4)C3C(=O)Nc4cc(Cl)ccc43)cc2)CC1. The van der Waals surface area contributed by atoms with Gasteiger partial charge in [-0.3, -0.25) is 19.5 Å². The quantitative estimate of drug-likeness (QED) is 0.456. The number of nitrogens with one attached hydrogen (secondary N) is 1. The number of rotatable bonds is 6. The maximum Gasteiger partial charge on any atom is 0.240 e. The molecule has 0 aliphatic carbocycles. The first kappa shape index (κ1) is 26.5. The zero-order valence-corrected chi connectivity index (χ0v) is 23.4. The van der Waals surface area contributed by atoms with E-state index in [9.17, 15) is 9.59 Å². The molecule has 3 aliphatic rings. The van der Waals surface area contributed by atoms with E-state index in [1.165, 1.54) is 0 Å². The van der Waals surface area contributed by atoms with Crippen molar-refractivity contribution in [3.8, 4) is 5.75 Å². The number of likely N-dealkylation sites (N-methyl/N-ethyl adjacent to an activating group) is 2. The summed E-state index contributed by atoms with van der Waals surface area (Å²) >= 11 is 6.20. The lowest BCUT2D eigenvalue weighted by Gasteiger charge is -2.32. The van der Waals surface area contributed by atoms with Crippen molar-refractivity contribution in [2.75, 3.05) is 63.6 Å². The van der Waals surface area contributed by atoms with Crippen LogP contribution in [0.5, 0.6) is 5.75 Å². The minimum Gasteiger partial charge on any atom is -0.493 e. The molecule has 1 atom stereocenters. The standard InChI is InChI=1S/C31H32ClN5O3/c1-35-12-14-37(15-13-35)19-28(38)36(2)24-7-5-23(6-8-24)33-30(21-3-10-27-20(17-21)11-16-40-27)29-25-9-4-22(32)18-26(25)34-31(29)39/h3-10,17-18,29H,11-16,19H2,1-2H3,(H,34,39). The lowest BCUT2D eigenvalue weighted by Crippen LogP contribution is -2.48. The molecule has 9 heteroatoms. The number of amides is 2. The zero-order chi connectivity index (χ0) is 27.8. The van der Waals surface area contributed by atoms with Gasteiger partial charge in [0.1, 0.15) is 11.7 Å². The summed E-state index contributed by atoms with van der Waals surface area (Å²) in [5.41, 5.74) is 5.68. The van der Waals surface area contributed by atoms with Crippen LogP contribution in [0.25, 0.3) is 0 Å². The van der Waals surface area contributed by atoms with E-state index < -0.39 is 5.92 Å². The second-order valence-corrected chi connectivity index (χ2v) is 11.1. The molecule has 2 amide bonds. The van der Waals surface area contributed by atoms with Crippen LogP contribution < -0.4 is 15.0 Å².